The average Bonchev–Trinajstić information content (AvgIpc) is 2.46. The van der Waals surface area contributed by atoms with Gasteiger partial charge >= 0.3 is 0 Å². The fraction of sp³-hybridized carbons (Fsp3) is 0.176. The summed E-state index contributed by atoms with van der Waals surface area (Å²) in [4.78, 5) is 17.2. The molecule has 3 rings (SSSR count). The van der Waals surface area contributed by atoms with Crippen LogP contribution in [0.15, 0.2) is 41.2 Å². The molecular weight excluding hydrogens is 314 g/mol. The molecule has 0 aliphatic heterocycles. The number of aryl methyl sites for hydroxylation is 2. The molecule has 0 atom stereocenters. The number of halogens is 1. The third-order valence-electron chi connectivity index (χ3n) is 3.59. The Labute approximate surface area is 138 Å². The minimum absolute atomic E-state index is 0.217. The van der Waals surface area contributed by atoms with E-state index in [-0.39, 0.29) is 11.1 Å². The number of rotatable bonds is 3. The molecule has 0 amide bonds. The van der Waals surface area contributed by atoms with Gasteiger partial charge < -0.3 is 10.4 Å². The lowest BCUT2D eigenvalue weighted by Gasteiger charge is -2.13. The lowest BCUT2D eigenvalue weighted by Crippen LogP contribution is -2.23. The Morgan fingerprint density at radius 3 is 2.74 bits per heavy atom. The number of benzene rings is 1. The van der Waals surface area contributed by atoms with Crippen LogP contribution < -0.4 is 10.9 Å². The van der Waals surface area contributed by atoms with Gasteiger partial charge in [-0.15, -0.1) is 0 Å². The third-order valence-corrected chi connectivity index (χ3v) is 3.83. The minimum Gasteiger partial charge on any atom is -0.391 e. The maximum Gasteiger partial charge on any atom is 0.265 e. The second kappa shape index (κ2) is 6.02. The Kier molecular flexibility index (Phi) is 4.07. The van der Waals surface area contributed by atoms with E-state index in [0.29, 0.717) is 22.2 Å². The first kappa shape index (κ1) is 15.5. The van der Waals surface area contributed by atoms with Crippen LogP contribution in [0.4, 0.5) is 11.5 Å². The van der Waals surface area contributed by atoms with Crippen LogP contribution >= 0.6 is 11.6 Å². The molecule has 6 heteroatoms. The highest BCUT2D eigenvalue weighted by atomic mass is 35.5. The van der Waals surface area contributed by atoms with Gasteiger partial charge in [0.15, 0.2) is 0 Å². The van der Waals surface area contributed by atoms with E-state index in [2.05, 4.69) is 10.3 Å². The van der Waals surface area contributed by atoms with E-state index in [1.54, 1.807) is 18.2 Å². The van der Waals surface area contributed by atoms with Gasteiger partial charge in [-0.2, -0.15) is 0 Å². The summed E-state index contributed by atoms with van der Waals surface area (Å²) in [7, 11) is 0. The van der Waals surface area contributed by atoms with Crippen molar-refractivity contribution in [3.8, 4) is 0 Å². The van der Waals surface area contributed by atoms with Gasteiger partial charge in [0.1, 0.15) is 11.5 Å². The van der Waals surface area contributed by atoms with Crippen LogP contribution in [0.25, 0.3) is 5.65 Å². The number of nitrogens with zero attached hydrogens (tertiary/aromatic N) is 2. The molecule has 0 aliphatic carbocycles. The van der Waals surface area contributed by atoms with Crippen molar-refractivity contribution in [2.75, 3.05) is 5.32 Å². The zero-order valence-corrected chi connectivity index (χ0v) is 13.6. The second-order valence-corrected chi connectivity index (χ2v) is 5.84. The summed E-state index contributed by atoms with van der Waals surface area (Å²) in [5.41, 5.74) is 2.97. The Morgan fingerprint density at radius 1 is 1.26 bits per heavy atom. The number of aliphatic hydroxyl groups is 1. The molecule has 1 aromatic carbocycles. The lowest BCUT2D eigenvalue weighted by molar-refractivity contribution is 0.280. The fourth-order valence-corrected chi connectivity index (χ4v) is 2.79. The first-order valence-corrected chi connectivity index (χ1v) is 7.53. The van der Waals surface area contributed by atoms with Crippen molar-refractivity contribution < 1.29 is 5.11 Å². The van der Waals surface area contributed by atoms with Gasteiger partial charge in [0.2, 0.25) is 0 Å². The SMILES string of the molecule is Cc1cc(C)n2c(=O)c(CO)c(Nc3cccc(Cl)c3)nc2c1. The molecule has 23 heavy (non-hydrogen) atoms. The van der Waals surface area contributed by atoms with Gasteiger partial charge in [-0.05, 0) is 49.7 Å². The van der Waals surface area contributed by atoms with E-state index in [1.165, 1.54) is 4.40 Å². The normalized spacial score (nSPS) is 11.0. The van der Waals surface area contributed by atoms with Gasteiger partial charge in [-0.25, -0.2) is 4.98 Å². The van der Waals surface area contributed by atoms with Crippen molar-refractivity contribution in [3.05, 3.63) is 68.6 Å². The maximum atomic E-state index is 12.7. The van der Waals surface area contributed by atoms with Crippen molar-refractivity contribution in [2.45, 2.75) is 20.5 Å². The van der Waals surface area contributed by atoms with Crippen LogP contribution in [0.2, 0.25) is 5.02 Å². The smallest absolute Gasteiger partial charge is 0.265 e. The highest BCUT2D eigenvalue weighted by Crippen LogP contribution is 2.21. The molecule has 2 aromatic heterocycles. The molecule has 0 unspecified atom stereocenters. The van der Waals surface area contributed by atoms with Crippen LogP contribution in [-0.4, -0.2) is 14.5 Å². The number of fused-ring (bicyclic) bond motifs is 1. The van der Waals surface area contributed by atoms with Crippen LogP contribution in [0.1, 0.15) is 16.8 Å². The molecule has 2 N–H and O–H groups in total. The summed E-state index contributed by atoms with van der Waals surface area (Å²) in [6, 6.07) is 10.8. The topological polar surface area (TPSA) is 66.6 Å². The van der Waals surface area contributed by atoms with Crippen molar-refractivity contribution >= 4 is 28.8 Å². The predicted octanol–water partition coefficient (Wildman–Crippen LogP) is 3.20. The van der Waals surface area contributed by atoms with E-state index in [4.69, 9.17) is 11.6 Å². The summed E-state index contributed by atoms with van der Waals surface area (Å²) in [5.74, 6) is 0.338. The number of hydrogen-bond donors (Lipinski definition) is 2. The summed E-state index contributed by atoms with van der Waals surface area (Å²) in [6.45, 7) is 3.39. The Morgan fingerprint density at radius 2 is 2.04 bits per heavy atom. The fourth-order valence-electron chi connectivity index (χ4n) is 2.60. The van der Waals surface area contributed by atoms with Gasteiger partial charge in [0, 0.05) is 16.4 Å². The van der Waals surface area contributed by atoms with Crippen molar-refractivity contribution in [3.63, 3.8) is 0 Å². The van der Waals surface area contributed by atoms with E-state index >= 15 is 0 Å². The highest BCUT2D eigenvalue weighted by molar-refractivity contribution is 6.30. The molecule has 5 nitrogen and oxygen atoms in total. The number of hydrogen-bond acceptors (Lipinski definition) is 4. The monoisotopic (exact) mass is 329 g/mol. The molecule has 0 spiro atoms. The van der Waals surface area contributed by atoms with Gasteiger partial charge in [0.05, 0.1) is 12.2 Å². The van der Waals surface area contributed by atoms with Gasteiger partial charge in [-0.1, -0.05) is 17.7 Å². The molecule has 0 saturated heterocycles. The number of pyridine rings is 1. The largest absolute Gasteiger partial charge is 0.391 e. The minimum atomic E-state index is -0.398. The first-order valence-electron chi connectivity index (χ1n) is 7.16. The van der Waals surface area contributed by atoms with Crippen LogP contribution in [0.3, 0.4) is 0 Å². The Hall–Kier alpha value is -2.37. The molecule has 0 bridgehead atoms. The number of nitrogens with one attached hydrogen (secondary N) is 1. The molecule has 118 valence electrons. The standard InChI is InChI=1S/C17H16ClN3O2/c1-10-6-11(2)21-15(7-10)20-16(14(9-22)17(21)23)19-13-5-3-4-12(18)8-13/h3-8,19,22H,9H2,1-2H3. The molecule has 0 fully saturated rings. The Bertz CT molecular complexity index is 950. The summed E-state index contributed by atoms with van der Waals surface area (Å²) in [6.07, 6.45) is 0. The van der Waals surface area contributed by atoms with Crippen molar-refractivity contribution in [2.24, 2.45) is 0 Å². The molecule has 0 radical (unpaired) electrons. The van der Waals surface area contributed by atoms with E-state index < -0.39 is 6.61 Å². The zero-order chi connectivity index (χ0) is 16.6. The molecular formula is C17H16ClN3O2. The van der Waals surface area contributed by atoms with E-state index in [0.717, 1.165) is 11.3 Å². The first-order chi connectivity index (χ1) is 11.0. The van der Waals surface area contributed by atoms with Crippen molar-refractivity contribution in [1.82, 2.24) is 9.38 Å². The third kappa shape index (κ3) is 2.93. The highest BCUT2D eigenvalue weighted by Gasteiger charge is 2.14. The Balaban J connectivity index is 2.22. The maximum absolute atomic E-state index is 12.7. The van der Waals surface area contributed by atoms with Crippen molar-refractivity contribution in [1.29, 1.82) is 0 Å². The lowest BCUT2D eigenvalue weighted by atomic mass is 10.2. The summed E-state index contributed by atoms with van der Waals surface area (Å²) >= 11 is 5.98. The predicted molar refractivity (Wildman–Crippen MR) is 91.6 cm³/mol. The molecule has 0 saturated carbocycles. The number of aliphatic hydroxyl groups excluding tert-OH is 1. The van der Waals surface area contributed by atoms with Crippen LogP contribution in [0, 0.1) is 13.8 Å². The summed E-state index contributed by atoms with van der Waals surface area (Å²) < 4.78 is 1.50. The summed E-state index contributed by atoms with van der Waals surface area (Å²) in [5, 5.41) is 13.3. The molecule has 0 aliphatic rings. The second-order valence-electron chi connectivity index (χ2n) is 5.41. The molecule has 3 aromatic rings. The zero-order valence-electron chi connectivity index (χ0n) is 12.8. The quantitative estimate of drug-likeness (QED) is 0.774. The van der Waals surface area contributed by atoms with Gasteiger partial charge in [0.25, 0.3) is 5.56 Å². The van der Waals surface area contributed by atoms with Crippen LogP contribution in [-0.2, 0) is 6.61 Å². The van der Waals surface area contributed by atoms with E-state index in [9.17, 15) is 9.90 Å². The van der Waals surface area contributed by atoms with Crippen LogP contribution in [0.5, 0.6) is 0 Å². The molecule has 2 heterocycles. The number of anilines is 2. The number of aromatic nitrogens is 2. The van der Waals surface area contributed by atoms with E-state index in [1.807, 2.05) is 32.0 Å². The van der Waals surface area contributed by atoms with Gasteiger partial charge in [-0.3, -0.25) is 9.20 Å². The average molecular weight is 330 g/mol.